The molecule has 0 atom stereocenters. The lowest BCUT2D eigenvalue weighted by Gasteiger charge is -2.41. The van der Waals surface area contributed by atoms with Gasteiger partial charge in [-0.15, -0.1) is 0 Å². The first-order valence-corrected chi connectivity index (χ1v) is 6.41. The molecule has 0 unspecified atom stereocenters. The lowest BCUT2D eigenvalue weighted by molar-refractivity contribution is -0.121. The molecule has 3 nitrogen and oxygen atoms in total. The van der Waals surface area contributed by atoms with Crippen LogP contribution in [-0.2, 0) is 4.79 Å². The highest BCUT2D eigenvalue weighted by Gasteiger charge is 2.42. The van der Waals surface area contributed by atoms with E-state index in [-0.39, 0.29) is 11.4 Å². The molecule has 1 aliphatic heterocycles. The standard InChI is InChI=1S/C14H18N2O/c1-10-6-5-7-11-12(10)15-13(17)14(16-11)8-3-2-4-9-14/h5-7,16H,2-4,8-9H2,1H3,(H,15,17). The summed E-state index contributed by atoms with van der Waals surface area (Å²) < 4.78 is 0. The molecule has 3 rings (SSSR count). The minimum atomic E-state index is -0.348. The summed E-state index contributed by atoms with van der Waals surface area (Å²) in [6.07, 6.45) is 5.43. The van der Waals surface area contributed by atoms with E-state index >= 15 is 0 Å². The fourth-order valence-electron chi connectivity index (χ4n) is 2.99. The second-order valence-corrected chi connectivity index (χ2v) is 5.22. The summed E-state index contributed by atoms with van der Waals surface area (Å²) in [6.45, 7) is 2.03. The number of aryl methyl sites for hydroxylation is 1. The molecule has 1 aromatic carbocycles. The number of nitrogens with one attached hydrogen (secondary N) is 2. The van der Waals surface area contributed by atoms with Crippen molar-refractivity contribution in [1.29, 1.82) is 0 Å². The highest BCUT2D eigenvalue weighted by Crippen LogP contribution is 2.39. The van der Waals surface area contributed by atoms with Crippen LogP contribution in [0.2, 0.25) is 0 Å². The topological polar surface area (TPSA) is 41.1 Å². The van der Waals surface area contributed by atoms with E-state index in [1.54, 1.807) is 0 Å². The van der Waals surface area contributed by atoms with Gasteiger partial charge in [0.1, 0.15) is 5.54 Å². The maximum Gasteiger partial charge on any atom is 0.250 e. The van der Waals surface area contributed by atoms with Gasteiger partial charge in [-0.05, 0) is 31.4 Å². The van der Waals surface area contributed by atoms with Gasteiger partial charge in [0, 0.05) is 0 Å². The number of carbonyl (C=O) groups is 1. The Morgan fingerprint density at radius 1 is 1.18 bits per heavy atom. The fourth-order valence-corrected chi connectivity index (χ4v) is 2.99. The minimum absolute atomic E-state index is 0.152. The lowest BCUT2D eigenvalue weighted by atomic mass is 9.79. The molecule has 1 fully saturated rings. The average Bonchev–Trinajstić information content (AvgIpc) is 2.33. The summed E-state index contributed by atoms with van der Waals surface area (Å²) in [6, 6.07) is 6.12. The van der Waals surface area contributed by atoms with Crippen LogP contribution in [0.4, 0.5) is 11.4 Å². The molecular weight excluding hydrogens is 212 g/mol. The van der Waals surface area contributed by atoms with Crippen LogP contribution < -0.4 is 10.6 Å². The predicted octanol–water partition coefficient (Wildman–Crippen LogP) is 3.06. The number of amides is 1. The van der Waals surface area contributed by atoms with E-state index in [0.29, 0.717) is 0 Å². The third-order valence-electron chi connectivity index (χ3n) is 4.03. The third-order valence-corrected chi connectivity index (χ3v) is 4.03. The Morgan fingerprint density at radius 3 is 2.71 bits per heavy atom. The van der Waals surface area contributed by atoms with Crippen molar-refractivity contribution in [1.82, 2.24) is 0 Å². The Morgan fingerprint density at radius 2 is 1.94 bits per heavy atom. The van der Waals surface area contributed by atoms with Gasteiger partial charge in [0.25, 0.3) is 0 Å². The summed E-state index contributed by atoms with van der Waals surface area (Å²) in [5, 5.41) is 6.58. The van der Waals surface area contributed by atoms with Crippen molar-refractivity contribution < 1.29 is 4.79 Å². The molecule has 1 aliphatic carbocycles. The van der Waals surface area contributed by atoms with Gasteiger partial charge in [0.05, 0.1) is 11.4 Å². The second kappa shape index (κ2) is 3.76. The first kappa shape index (κ1) is 10.6. The summed E-state index contributed by atoms with van der Waals surface area (Å²) >= 11 is 0. The minimum Gasteiger partial charge on any atom is -0.370 e. The number of para-hydroxylation sites is 1. The number of anilines is 2. The Bertz CT molecular complexity index is 461. The van der Waals surface area contributed by atoms with Crippen molar-refractivity contribution in [3.63, 3.8) is 0 Å². The van der Waals surface area contributed by atoms with Crippen molar-refractivity contribution in [2.24, 2.45) is 0 Å². The normalized spacial score (nSPS) is 21.6. The molecular formula is C14H18N2O. The molecule has 90 valence electrons. The Balaban J connectivity index is 2.00. The molecule has 0 saturated heterocycles. The number of carbonyl (C=O) groups excluding carboxylic acids is 1. The molecule has 1 saturated carbocycles. The molecule has 0 radical (unpaired) electrons. The molecule has 1 heterocycles. The highest BCUT2D eigenvalue weighted by atomic mass is 16.2. The van der Waals surface area contributed by atoms with Crippen LogP contribution in [0.5, 0.6) is 0 Å². The Hall–Kier alpha value is -1.51. The molecule has 1 aromatic rings. The van der Waals surface area contributed by atoms with Crippen LogP contribution >= 0.6 is 0 Å². The van der Waals surface area contributed by atoms with Gasteiger partial charge in [-0.25, -0.2) is 0 Å². The zero-order valence-corrected chi connectivity index (χ0v) is 10.2. The van der Waals surface area contributed by atoms with Gasteiger partial charge in [0.15, 0.2) is 0 Å². The van der Waals surface area contributed by atoms with Crippen molar-refractivity contribution in [3.05, 3.63) is 23.8 Å². The van der Waals surface area contributed by atoms with Crippen LogP contribution in [0.3, 0.4) is 0 Å². The van der Waals surface area contributed by atoms with Gasteiger partial charge in [0.2, 0.25) is 5.91 Å². The van der Waals surface area contributed by atoms with E-state index in [4.69, 9.17) is 0 Å². The van der Waals surface area contributed by atoms with Crippen LogP contribution in [0.25, 0.3) is 0 Å². The SMILES string of the molecule is Cc1cccc2c1NC(=O)C1(CCCCC1)N2. The smallest absolute Gasteiger partial charge is 0.250 e. The lowest BCUT2D eigenvalue weighted by Crippen LogP contribution is -2.53. The van der Waals surface area contributed by atoms with E-state index in [1.165, 1.54) is 6.42 Å². The molecule has 2 N–H and O–H groups in total. The molecule has 2 aliphatic rings. The van der Waals surface area contributed by atoms with Crippen LogP contribution in [0, 0.1) is 6.92 Å². The summed E-state index contributed by atoms with van der Waals surface area (Å²) in [7, 11) is 0. The zero-order chi connectivity index (χ0) is 11.9. The zero-order valence-electron chi connectivity index (χ0n) is 10.2. The first-order valence-electron chi connectivity index (χ1n) is 6.41. The summed E-state index contributed by atoms with van der Waals surface area (Å²) in [5.41, 5.74) is 2.80. The van der Waals surface area contributed by atoms with Crippen LogP contribution in [0.15, 0.2) is 18.2 Å². The monoisotopic (exact) mass is 230 g/mol. The van der Waals surface area contributed by atoms with Crippen molar-refractivity contribution in [3.8, 4) is 0 Å². The van der Waals surface area contributed by atoms with E-state index in [1.807, 2.05) is 19.1 Å². The van der Waals surface area contributed by atoms with E-state index in [9.17, 15) is 4.79 Å². The van der Waals surface area contributed by atoms with E-state index < -0.39 is 0 Å². The van der Waals surface area contributed by atoms with Gasteiger partial charge in [-0.2, -0.15) is 0 Å². The molecule has 17 heavy (non-hydrogen) atoms. The Kier molecular flexibility index (Phi) is 2.35. The fraction of sp³-hybridized carbons (Fsp3) is 0.500. The quantitative estimate of drug-likeness (QED) is 0.719. The second-order valence-electron chi connectivity index (χ2n) is 5.22. The van der Waals surface area contributed by atoms with Gasteiger partial charge >= 0.3 is 0 Å². The molecule has 1 spiro atoms. The number of fused-ring (bicyclic) bond motifs is 1. The molecule has 0 aromatic heterocycles. The van der Waals surface area contributed by atoms with E-state index in [2.05, 4.69) is 16.7 Å². The maximum absolute atomic E-state index is 12.3. The summed E-state index contributed by atoms with van der Waals surface area (Å²) in [4.78, 5) is 12.3. The van der Waals surface area contributed by atoms with Gasteiger partial charge < -0.3 is 10.6 Å². The Labute approximate surface area is 102 Å². The van der Waals surface area contributed by atoms with Crippen LogP contribution in [-0.4, -0.2) is 11.4 Å². The van der Waals surface area contributed by atoms with Gasteiger partial charge in [-0.3, -0.25) is 4.79 Å². The van der Waals surface area contributed by atoms with Gasteiger partial charge in [-0.1, -0.05) is 31.4 Å². The number of rotatable bonds is 0. The van der Waals surface area contributed by atoms with Crippen molar-refractivity contribution in [2.75, 3.05) is 10.6 Å². The third kappa shape index (κ3) is 1.61. The molecule has 1 amide bonds. The van der Waals surface area contributed by atoms with Crippen molar-refractivity contribution in [2.45, 2.75) is 44.6 Å². The van der Waals surface area contributed by atoms with Crippen molar-refractivity contribution >= 4 is 17.3 Å². The largest absolute Gasteiger partial charge is 0.370 e. The molecule has 3 heteroatoms. The average molecular weight is 230 g/mol. The maximum atomic E-state index is 12.3. The van der Waals surface area contributed by atoms with E-state index in [0.717, 1.165) is 42.6 Å². The van der Waals surface area contributed by atoms with Crippen LogP contribution in [0.1, 0.15) is 37.7 Å². The molecule has 0 bridgehead atoms. The highest BCUT2D eigenvalue weighted by molar-refractivity contribution is 6.06. The first-order chi connectivity index (χ1) is 8.21. The number of hydrogen-bond donors (Lipinski definition) is 2. The summed E-state index contributed by atoms with van der Waals surface area (Å²) in [5.74, 6) is 0.152. The number of hydrogen-bond acceptors (Lipinski definition) is 2. The number of benzene rings is 1. The predicted molar refractivity (Wildman–Crippen MR) is 69.2 cm³/mol.